The zero-order chi connectivity index (χ0) is 19.8. The van der Waals surface area contributed by atoms with Crippen molar-refractivity contribution in [2.75, 3.05) is 0 Å². The first-order chi connectivity index (χ1) is 12.7. The van der Waals surface area contributed by atoms with Gasteiger partial charge in [-0.2, -0.15) is 13.2 Å². The summed E-state index contributed by atoms with van der Waals surface area (Å²) in [4.78, 5) is 11.8. The molecule has 1 aromatic heterocycles. The number of alkyl halides is 3. The van der Waals surface area contributed by atoms with Crippen molar-refractivity contribution < 1.29 is 18.0 Å². The lowest BCUT2D eigenvalue weighted by molar-refractivity contribution is -0.137. The summed E-state index contributed by atoms with van der Waals surface area (Å²) < 4.78 is 41.4. The zero-order valence-corrected chi connectivity index (χ0v) is 15.8. The lowest BCUT2D eigenvalue weighted by atomic mass is 9.89. The second-order valence-electron chi connectivity index (χ2n) is 7.20. The van der Waals surface area contributed by atoms with E-state index in [9.17, 15) is 18.0 Å². The Hall–Kier alpha value is -1.95. The van der Waals surface area contributed by atoms with Crippen LogP contribution < -0.4 is 5.73 Å². The van der Waals surface area contributed by atoms with Gasteiger partial charge in [-0.1, -0.05) is 30.9 Å². The number of hydrogen-bond acceptors (Lipinski definition) is 1. The van der Waals surface area contributed by atoms with Crippen LogP contribution in [0.25, 0.3) is 11.3 Å². The van der Waals surface area contributed by atoms with Crippen molar-refractivity contribution in [3.63, 3.8) is 0 Å². The molecule has 7 heteroatoms. The SMILES string of the molecule is Cc1c(C(N)=O)cc(-c2cc(C(F)(F)F)ccc2Cl)n1CC1CCCCC1. The third-order valence-corrected chi connectivity index (χ3v) is 5.70. The molecule has 0 radical (unpaired) electrons. The summed E-state index contributed by atoms with van der Waals surface area (Å²) in [6, 6.07) is 4.81. The minimum atomic E-state index is -4.47. The van der Waals surface area contributed by atoms with E-state index in [1.807, 2.05) is 4.57 Å². The van der Waals surface area contributed by atoms with E-state index in [1.54, 1.807) is 13.0 Å². The summed E-state index contributed by atoms with van der Waals surface area (Å²) in [5.74, 6) is -0.173. The van der Waals surface area contributed by atoms with Gasteiger partial charge in [0.15, 0.2) is 0 Å². The van der Waals surface area contributed by atoms with E-state index >= 15 is 0 Å². The van der Waals surface area contributed by atoms with Crippen LogP contribution >= 0.6 is 11.6 Å². The first kappa shape index (κ1) is 19.8. The molecule has 146 valence electrons. The van der Waals surface area contributed by atoms with Crippen molar-refractivity contribution in [1.29, 1.82) is 0 Å². The molecule has 0 unspecified atom stereocenters. The first-order valence-electron chi connectivity index (χ1n) is 9.05. The van der Waals surface area contributed by atoms with Gasteiger partial charge in [0.25, 0.3) is 5.91 Å². The molecule has 2 N–H and O–H groups in total. The molecule has 1 aliphatic rings. The number of nitrogens with two attached hydrogens (primary N) is 1. The average Bonchev–Trinajstić information content (AvgIpc) is 2.92. The van der Waals surface area contributed by atoms with Crippen LogP contribution in [0.3, 0.4) is 0 Å². The second kappa shape index (κ2) is 7.58. The van der Waals surface area contributed by atoms with Gasteiger partial charge in [0, 0.05) is 22.8 Å². The van der Waals surface area contributed by atoms with Gasteiger partial charge >= 0.3 is 6.18 Å². The zero-order valence-electron chi connectivity index (χ0n) is 15.1. The van der Waals surface area contributed by atoms with E-state index in [0.29, 0.717) is 29.4 Å². The molecule has 27 heavy (non-hydrogen) atoms. The molecule has 1 fully saturated rings. The molecule has 1 saturated carbocycles. The van der Waals surface area contributed by atoms with Crippen LogP contribution in [0.4, 0.5) is 13.2 Å². The largest absolute Gasteiger partial charge is 0.416 e. The van der Waals surface area contributed by atoms with Crippen molar-refractivity contribution in [1.82, 2.24) is 4.57 Å². The molecule has 0 atom stereocenters. The summed E-state index contributed by atoms with van der Waals surface area (Å²) in [7, 11) is 0. The first-order valence-corrected chi connectivity index (χ1v) is 9.43. The lowest BCUT2D eigenvalue weighted by Gasteiger charge is -2.24. The molecule has 0 aliphatic heterocycles. The Balaban J connectivity index is 2.11. The number of carbonyl (C=O) groups excluding carboxylic acids is 1. The summed E-state index contributed by atoms with van der Waals surface area (Å²) in [6.07, 6.45) is 1.17. The molecular formula is C20H22ClF3N2O. The van der Waals surface area contributed by atoms with Crippen molar-refractivity contribution in [2.45, 2.75) is 51.7 Å². The molecule has 3 nitrogen and oxygen atoms in total. The molecule has 1 heterocycles. The Morgan fingerprint density at radius 1 is 1.22 bits per heavy atom. The maximum Gasteiger partial charge on any atom is 0.416 e. The Morgan fingerprint density at radius 3 is 2.48 bits per heavy atom. The van der Waals surface area contributed by atoms with Crippen LogP contribution in [0.15, 0.2) is 24.3 Å². The quantitative estimate of drug-likeness (QED) is 0.693. The Labute approximate surface area is 161 Å². The van der Waals surface area contributed by atoms with Crippen LogP contribution in [-0.2, 0) is 12.7 Å². The molecule has 0 spiro atoms. The maximum absolute atomic E-state index is 13.2. The van der Waals surface area contributed by atoms with Crippen LogP contribution in [0.5, 0.6) is 0 Å². The summed E-state index contributed by atoms with van der Waals surface area (Å²) in [6.45, 7) is 2.41. The molecule has 0 saturated heterocycles. The van der Waals surface area contributed by atoms with E-state index in [-0.39, 0.29) is 10.6 Å². The van der Waals surface area contributed by atoms with Crippen LogP contribution in [0, 0.1) is 12.8 Å². The Bertz CT molecular complexity index is 852. The van der Waals surface area contributed by atoms with Crippen molar-refractivity contribution in [2.24, 2.45) is 11.7 Å². The van der Waals surface area contributed by atoms with E-state index in [4.69, 9.17) is 17.3 Å². The topological polar surface area (TPSA) is 48.0 Å². The summed E-state index contributed by atoms with van der Waals surface area (Å²) >= 11 is 6.24. The van der Waals surface area contributed by atoms with Crippen LogP contribution in [0.1, 0.15) is 53.7 Å². The number of primary amides is 1. The molecule has 1 aromatic carbocycles. The van der Waals surface area contributed by atoms with Gasteiger partial charge in [-0.25, -0.2) is 0 Å². The number of hydrogen-bond donors (Lipinski definition) is 1. The maximum atomic E-state index is 13.2. The van der Waals surface area contributed by atoms with Crippen molar-refractivity contribution in [3.8, 4) is 11.3 Å². The van der Waals surface area contributed by atoms with Gasteiger partial charge in [-0.15, -0.1) is 0 Å². The minimum Gasteiger partial charge on any atom is -0.366 e. The number of aromatic nitrogens is 1. The van der Waals surface area contributed by atoms with Crippen molar-refractivity contribution >= 4 is 17.5 Å². The third kappa shape index (κ3) is 4.15. The van der Waals surface area contributed by atoms with Gasteiger partial charge in [0.2, 0.25) is 0 Å². The predicted molar refractivity (Wildman–Crippen MR) is 99.7 cm³/mol. The fourth-order valence-corrected chi connectivity index (χ4v) is 4.09. The minimum absolute atomic E-state index is 0.210. The predicted octanol–water partition coefficient (Wildman–Crippen LogP) is 5.81. The third-order valence-electron chi connectivity index (χ3n) is 5.37. The Kier molecular flexibility index (Phi) is 5.56. The molecule has 1 aliphatic carbocycles. The molecule has 3 rings (SSSR count). The van der Waals surface area contributed by atoms with Crippen LogP contribution in [-0.4, -0.2) is 10.5 Å². The highest BCUT2D eigenvalue weighted by atomic mass is 35.5. The lowest BCUT2D eigenvalue weighted by Crippen LogP contribution is -2.17. The molecule has 0 bridgehead atoms. The van der Waals surface area contributed by atoms with Crippen LogP contribution in [0.2, 0.25) is 5.02 Å². The molecule has 2 aromatic rings. The highest BCUT2D eigenvalue weighted by Crippen LogP contribution is 2.38. The number of nitrogens with zero attached hydrogens (tertiary/aromatic N) is 1. The monoisotopic (exact) mass is 398 g/mol. The summed E-state index contributed by atoms with van der Waals surface area (Å²) in [5, 5.41) is 0.210. The molecular weight excluding hydrogens is 377 g/mol. The smallest absolute Gasteiger partial charge is 0.366 e. The van der Waals surface area contributed by atoms with Gasteiger partial charge < -0.3 is 10.3 Å². The second-order valence-corrected chi connectivity index (χ2v) is 7.61. The highest BCUT2D eigenvalue weighted by Gasteiger charge is 2.32. The number of benzene rings is 1. The van der Waals surface area contributed by atoms with Crippen molar-refractivity contribution in [3.05, 3.63) is 46.1 Å². The Morgan fingerprint density at radius 2 is 1.89 bits per heavy atom. The van der Waals surface area contributed by atoms with Gasteiger partial charge in [-0.05, 0) is 49.9 Å². The highest BCUT2D eigenvalue weighted by molar-refractivity contribution is 6.33. The standard InChI is InChI=1S/C20H22ClF3N2O/c1-12-15(19(25)27)10-18(26(12)11-13-5-3-2-4-6-13)16-9-14(20(22,23)24)7-8-17(16)21/h7-10,13H,2-6,11H2,1H3,(H2,25,27). The number of halogens is 4. The van der Waals surface area contributed by atoms with E-state index in [2.05, 4.69) is 0 Å². The molecule has 1 amide bonds. The van der Waals surface area contributed by atoms with Gasteiger partial charge in [-0.3, -0.25) is 4.79 Å². The van der Waals surface area contributed by atoms with Gasteiger partial charge in [0.1, 0.15) is 0 Å². The van der Waals surface area contributed by atoms with E-state index < -0.39 is 17.6 Å². The average molecular weight is 399 g/mol. The van der Waals surface area contributed by atoms with Gasteiger partial charge in [0.05, 0.1) is 16.8 Å². The fourth-order valence-electron chi connectivity index (χ4n) is 3.88. The number of amides is 1. The fraction of sp³-hybridized carbons (Fsp3) is 0.450. The normalized spacial score (nSPS) is 15.9. The summed E-state index contributed by atoms with van der Waals surface area (Å²) in [5.41, 5.74) is 6.45. The number of carbonyl (C=O) groups is 1. The van der Waals surface area contributed by atoms with E-state index in [1.165, 1.54) is 12.5 Å². The number of rotatable bonds is 4. The van der Waals surface area contributed by atoms with E-state index in [0.717, 1.165) is 37.8 Å².